The molecule has 4 unspecified atom stereocenters. The summed E-state index contributed by atoms with van der Waals surface area (Å²) < 4.78 is 0. The van der Waals surface area contributed by atoms with Crippen LogP contribution in [0.2, 0.25) is 0 Å². The number of carboxylic acid groups (broad SMARTS) is 1. The van der Waals surface area contributed by atoms with Gasteiger partial charge in [0.1, 0.15) is 23.9 Å². The molecule has 1 saturated heterocycles. The summed E-state index contributed by atoms with van der Waals surface area (Å²) in [6, 6.07) is 2.26. The van der Waals surface area contributed by atoms with E-state index in [0.717, 1.165) is 13.0 Å². The van der Waals surface area contributed by atoms with Crippen LogP contribution in [0.25, 0.3) is 0 Å². The minimum atomic E-state index is -1.29. The lowest BCUT2D eigenvalue weighted by atomic mass is 10.0. The first-order valence-electron chi connectivity index (χ1n) is 13.5. The largest absolute Gasteiger partial charge is 0.508 e. The summed E-state index contributed by atoms with van der Waals surface area (Å²) in [4.78, 5) is 55.1. The van der Waals surface area contributed by atoms with Gasteiger partial charge in [-0.1, -0.05) is 12.1 Å². The van der Waals surface area contributed by atoms with Crippen molar-refractivity contribution in [2.45, 2.75) is 75.5 Å². The number of nitrogens with one attached hydrogen (secondary N) is 4. The monoisotopic (exact) mass is 562 g/mol. The molecule has 0 aliphatic carbocycles. The molecule has 1 aliphatic heterocycles. The van der Waals surface area contributed by atoms with Crippen molar-refractivity contribution in [1.29, 1.82) is 0 Å². The van der Waals surface area contributed by atoms with Crippen molar-refractivity contribution >= 4 is 29.7 Å². The number of aliphatic carboxylic acids is 1. The Morgan fingerprint density at radius 1 is 0.950 bits per heavy atom. The summed E-state index contributed by atoms with van der Waals surface area (Å²) in [6.45, 7) is 1.34. The van der Waals surface area contributed by atoms with E-state index in [4.69, 9.17) is 17.2 Å². The fraction of sp³-hybridized carbons (Fsp3) is 0.577. The van der Waals surface area contributed by atoms with E-state index in [1.165, 1.54) is 12.1 Å². The smallest absolute Gasteiger partial charge is 0.326 e. The fourth-order valence-electron chi connectivity index (χ4n) is 4.33. The maximum absolute atomic E-state index is 13.3. The van der Waals surface area contributed by atoms with E-state index in [0.29, 0.717) is 44.2 Å². The number of amides is 3. The first-order chi connectivity index (χ1) is 19.1. The maximum atomic E-state index is 13.3. The highest BCUT2D eigenvalue weighted by Gasteiger charge is 2.31. The summed E-state index contributed by atoms with van der Waals surface area (Å²) >= 11 is 0. The third-order valence-corrected chi connectivity index (χ3v) is 6.53. The number of unbranched alkanes of at least 4 members (excludes halogenated alkanes) is 1. The lowest BCUT2D eigenvalue weighted by Gasteiger charge is -2.25. The minimum absolute atomic E-state index is 0.0278. The van der Waals surface area contributed by atoms with Crippen molar-refractivity contribution in [3.8, 4) is 5.75 Å². The summed E-state index contributed by atoms with van der Waals surface area (Å²) in [5.41, 5.74) is 16.9. The number of phenols is 1. The number of guanidine groups is 1. The van der Waals surface area contributed by atoms with Crippen molar-refractivity contribution in [1.82, 2.24) is 21.3 Å². The molecule has 1 fully saturated rings. The molecule has 0 radical (unpaired) electrons. The topological polar surface area (TPSA) is 247 Å². The van der Waals surface area contributed by atoms with Gasteiger partial charge in [-0.2, -0.15) is 0 Å². The Hall–Kier alpha value is -3.91. The molecule has 40 heavy (non-hydrogen) atoms. The number of aliphatic imine (C=N–C) groups is 1. The number of rotatable bonds is 17. The van der Waals surface area contributed by atoms with Crippen LogP contribution in [0.3, 0.4) is 0 Å². The third-order valence-electron chi connectivity index (χ3n) is 6.53. The van der Waals surface area contributed by atoms with Gasteiger partial charge in [-0.3, -0.25) is 19.4 Å². The molecule has 222 valence electrons. The van der Waals surface area contributed by atoms with Crippen molar-refractivity contribution in [2.24, 2.45) is 22.2 Å². The fourth-order valence-corrected chi connectivity index (χ4v) is 4.33. The molecular formula is C26H42N8O6. The molecule has 3 amide bonds. The molecule has 4 atom stereocenters. The second-order valence-electron chi connectivity index (χ2n) is 9.77. The van der Waals surface area contributed by atoms with Gasteiger partial charge in [-0.25, -0.2) is 4.79 Å². The molecule has 2 rings (SSSR count). The lowest BCUT2D eigenvalue weighted by molar-refractivity contribution is -0.142. The molecule has 14 heteroatoms. The molecule has 14 nitrogen and oxygen atoms in total. The number of benzene rings is 1. The highest BCUT2D eigenvalue weighted by atomic mass is 16.4. The second-order valence-corrected chi connectivity index (χ2v) is 9.77. The number of phenolic OH excluding ortho intramolecular Hbond substituents is 1. The van der Waals surface area contributed by atoms with E-state index in [9.17, 15) is 29.4 Å². The van der Waals surface area contributed by atoms with Crippen LogP contribution in [0.1, 0.15) is 50.5 Å². The van der Waals surface area contributed by atoms with Crippen LogP contribution in [0.4, 0.5) is 0 Å². The normalized spacial score (nSPS) is 16.8. The molecule has 0 spiro atoms. The number of carbonyl (C=O) groups is 4. The Morgan fingerprint density at radius 2 is 1.57 bits per heavy atom. The van der Waals surface area contributed by atoms with Gasteiger partial charge in [-0.15, -0.1) is 0 Å². The van der Waals surface area contributed by atoms with Gasteiger partial charge in [-0.05, 0) is 75.7 Å². The number of nitrogens with zero attached hydrogens (tertiary/aromatic N) is 1. The van der Waals surface area contributed by atoms with Crippen LogP contribution >= 0.6 is 0 Å². The molecule has 1 aliphatic rings. The van der Waals surface area contributed by atoms with Crippen LogP contribution in [0, 0.1) is 0 Å². The summed E-state index contributed by atoms with van der Waals surface area (Å²) in [5, 5.41) is 30.3. The Balaban J connectivity index is 2.15. The predicted octanol–water partition coefficient (Wildman–Crippen LogP) is -1.59. The quantitative estimate of drug-likeness (QED) is 0.0598. The van der Waals surface area contributed by atoms with Gasteiger partial charge in [0.15, 0.2) is 5.96 Å². The predicted molar refractivity (Wildman–Crippen MR) is 149 cm³/mol. The van der Waals surface area contributed by atoms with Crippen LogP contribution in [0.5, 0.6) is 5.75 Å². The highest BCUT2D eigenvalue weighted by molar-refractivity contribution is 5.94. The van der Waals surface area contributed by atoms with Gasteiger partial charge in [0, 0.05) is 13.0 Å². The number of hydrogen-bond acceptors (Lipinski definition) is 8. The zero-order valence-electron chi connectivity index (χ0n) is 22.6. The molecule has 12 N–H and O–H groups in total. The van der Waals surface area contributed by atoms with E-state index in [-0.39, 0.29) is 43.0 Å². The summed E-state index contributed by atoms with van der Waals surface area (Å²) in [7, 11) is 0. The number of carbonyl (C=O) groups excluding carboxylic acids is 3. The second kappa shape index (κ2) is 16.9. The van der Waals surface area contributed by atoms with Crippen molar-refractivity contribution in [3.63, 3.8) is 0 Å². The molecule has 0 bridgehead atoms. The van der Waals surface area contributed by atoms with E-state index < -0.39 is 35.9 Å². The molecular weight excluding hydrogens is 520 g/mol. The van der Waals surface area contributed by atoms with Crippen molar-refractivity contribution in [2.75, 3.05) is 19.6 Å². The van der Waals surface area contributed by atoms with Crippen LogP contribution in [-0.2, 0) is 25.6 Å². The summed E-state index contributed by atoms with van der Waals surface area (Å²) in [6.07, 6.45) is 3.48. The Morgan fingerprint density at radius 3 is 2.15 bits per heavy atom. The van der Waals surface area contributed by atoms with Crippen molar-refractivity contribution < 1.29 is 29.4 Å². The first-order valence-corrected chi connectivity index (χ1v) is 13.5. The Bertz CT molecular complexity index is 1010. The number of carboxylic acids is 1. The highest BCUT2D eigenvalue weighted by Crippen LogP contribution is 2.12. The van der Waals surface area contributed by atoms with Gasteiger partial charge < -0.3 is 48.7 Å². The average Bonchev–Trinajstić information content (AvgIpc) is 3.45. The van der Waals surface area contributed by atoms with Gasteiger partial charge >= 0.3 is 5.97 Å². The summed E-state index contributed by atoms with van der Waals surface area (Å²) in [5.74, 6) is -2.90. The molecule has 0 saturated carbocycles. The standard InChI is InChI=1S/C26H42N8O6/c27-12-2-1-5-19(32-22(36)18-6-3-13-30-18)23(37)33-20(7-4-14-31-26(28)29)24(38)34-21(25(39)40)15-16-8-10-17(35)11-9-16/h8-11,18-21,30,35H,1-7,12-15,27H2,(H,32,36)(H,33,37)(H,34,38)(H,39,40)(H4,28,29,31). The number of nitrogens with two attached hydrogens (primary N) is 3. The maximum Gasteiger partial charge on any atom is 0.326 e. The van der Waals surface area contributed by atoms with Crippen molar-refractivity contribution in [3.05, 3.63) is 29.8 Å². The van der Waals surface area contributed by atoms with E-state index in [1.54, 1.807) is 12.1 Å². The van der Waals surface area contributed by atoms with Gasteiger partial charge in [0.05, 0.1) is 6.04 Å². The third kappa shape index (κ3) is 11.5. The number of hydrogen-bond donors (Lipinski definition) is 9. The zero-order valence-corrected chi connectivity index (χ0v) is 22.6. The van der Waals surface area contributed by atoms with E-state index in [1.807, 2.05) is 0 Å². The van der Waals surface area contributed by atoms with Gasteiger partial charge in [0.2, 0.25) is 17.7 Å². The minimum Gasteiger partial charge on any atom is -0.508 e. The molecule has 1 aromatic rings. The van der Waals surface area contributed by atoms with Crippen LogP contribution < -0.4 is 38.5 Å². The molecule has 0 aromatic heterocycles. The lowest BCUT2D eigenvalue weighted by Crippen LogP contribution is -2.57. The van der Waals surface area contributed by atoms with Crippen LogP contribution in [-0.4, -0.2) is 83.7 Å². The zero-order chi connectivity index (χ0) is 29.5. The SMILES string of the molecule is NCCCCC(NC(=O)C1CCCN1)C(=O)NC(CCCN=C(N)N)C(=O)NC(Cc1ccc(O)cc1)C(=O)O. The van der Waals surface area contributed by atoms with Gasteiger partial charge in [0.25, 0.3) is 0 Å². The Labute approximate surface area is 233 Å². The first kappa shape index (κ1) is 32.3. The van der Waals surface area contributed by atoms with Crippen LogP contribution in [0.15, 0.2) is 29.3 Å². The van der Waals surface area contributed by atoms with E-state index >= 15 is 0 Å². The molecule has 1 heterocycles. The van der Waals surface area contributed by atoms with E-state index in [2.05, 4.69) is 26.3 Å². The molecule has 1 aromatic carbocycles. The number of aromatic hydroxyl groups is 1. The Kier molecular flexibility index (Phi) is 13.7. The average molecular weight is 563 g/mol.